The predicted molar refractivity (Wildman–Crippen MR) is 119 cm³/mol. The van der Waals surface area contributed by atoms with Crippen LogP contribution in [-0.4, -0.2) is 32.8 Å². The third-order valence-electron chi connectivity index (χ3n) is 5.39. The summed E-state index contributed by atoms with van der Waals surface area (Å²) in [6, 6.07) is 19.3. The van der Waals surface area contributed by atoms with E-state index in [1.54, 1.807) is 48.5 Å². The Morgan fingerprint density at radius 2 is 1.61 bits per heavy atom. The van der Waals surface area contributed by atoms with E-state index in [1.165, 1.54) is 31.4 Å². The zero-order chi connectivity index (χ0) is 23.6. The molecule has 170 valence electrons. The van der Waals surface area contributed by atoms with E-state index in [0.717, 1.165) is 11.1 Å². The van der Waals surface area contributed by atoms with E-state index in [2.05, 4.69) is 10.1 Å². The van der Waals surface area contributed by atoms with Gasteiger partial charge >= 0.3 is 6.16 Å². The van der Waals surface area contributed by atoms with Gasteiger partial charge in [-0.25, -0.2) is 13.2 Å². The molecule has 0 fully saturated rings. The molecule has 0 bridgehead atoms. The van der Waals surface area contributed by atoms with Gasteiger partial charge in [-0.1, -0.05) is 36.4 Å². The fourth-order valence-electron chi connectivity index (χ4n) is 3.74. The Morgan fingerprint density at radius 3 is 2.21 bits per heavy atom. The first-order valence-electron chi connectivity index (χ1n) is 9.97. The van der Waals surface area contributed by atoms with Crippen LogP contribution < -0.4 is 5.32 Å². The van der Waals surface area contributed by atoms with Crippen LogP contribution in [-0.2, 0) is 25.7 Å². The zero-order valence-electron chi connectivity index (χ0n) is 17.5. The number of carbonyl (C=O) groups is 1. The fourth-order valence-corrected chi connectivity index (χ4v) is 5.42. The lowest BCUT2D eigenvalue weighted by Crippen LogP contribution is -2.45. The van der Waals surface area contributed by atoms with Gasteiger partial charge in [-0.3, -0.25) is 15.4 Å². The summed E-state index contributed by atoms with van der Waals surface area (Å²) < 4.78 is 36.7. The van der Waals surface area contributed by atoms with Gasteiger partial charge in [0.2, 0.25) is 0 Å². The van der Waals surface area contributed by atoms with Crippen molar-refractivity contribution in [2.45, 2.75) is 22.9 Å². The van der Waals surface area contributed by atoms with Crippen molar-refractivity contribution in [1.82, 2.24) is 5.32 Å². The molecule has 9 nitrogen and oxygen atoms in total. The van der Waals surface area contributed by atoms with Crippen LogP contribution in [0, 0.1) is 10.1 Å². The van der Waals surface area contributed by atoms with Crippen LogP contribution in [0.1, 0.15) is 16.5 Å². The topological polar surface area (TPSA) is 125 Å². The highest BCUT2D eigenvalue weighted by molar-refractivity contribution is 7.91. The molecule has 0 spiro atoms. The number of benzene rings is 3. The number of rotatable bonds is 5. The molecule has 1 aliphatic heterocycles. The van der Waals surface area contributed by atoms with E-state index >= 15 is 0 Å². The summed E-state index contributed by atoms with van der Waals surface area (Å²) in [5.41, 5.74) is 2.75. The maximum absolute atomic E-state index is 13.5. The maximum Gasteiger partial charge on any atom is 0.509 e. The highest BCUT2D eigenvalue weighted by Gasteiger charge is 2.37. The van der Waals surface area contributed by atoms with Crippen LogP contribution in [0.2, 0.25) is 0 Å². The van der Waals surface area contributed by atoms with Gasteiger partial charge < -0.3 is 9.47 Å². The number of sulfone groups is 1. The van der Waals surface area contributed by atoms with E-state index in [0.29, 0.717) is 17.5 Å². The highest BCUT2D eigenvalue weighted by atomic mass is 32.2. The lowest BCUT2D eigenvalue weighted by atomic mass is 10.00. The largest absolute Gasteiger partial charge is 0.509 e. The number of non-ortho nitro benzene ring substituents is 1. The van der Waals surface area contributed by atoms with Crippen molar-refractivity contribution in [2.24, 2.45) is 0 Å². The molecule has 1 heterocycles. The molecule has 2 atom stereocenters. The van der Waals surface area contributed by atoms with Crippen LogP contribution in [0.15, 0.2) is 77.7 Å². The summed E-state index contributed by atoms with van der Waals surface area (Å²) in [5, 5.41) is 12.6. The minimum Gasteiger partial charge on any atom is -0.438 e. The molecule has 3 aromatic carbocycles. The number of ether oxygens (including phenoxy) is 2. The van der Waals surface area contributed by atoms with Crippen molar-refractivity contribution in [1.29, 1.82) is 0 Å². The minimum atomic E-state index is -3.90. The van der Waals surface area contributed by atoms with E-state index < -0.39 is 32.5 Å². The van der Waals surface area contributed by atoms with Gasteiger partial charge in [0.15, 0.2) is 16.1 Å². The first-order chi connectivity index (χ1) is 15.8. The molecule has 0 saturated carbocycles. The van der Waals surface area contributed by atoms with Crippen molar-refractivity contribution in [3.8, 4) is 11.1 Å². The Kier molecular flexibility index (Phi) is 6.12. The normalized spacial score (nSPS) is 17.6. The number of carbonyl (C=O) groups excluding carboxylic acids is 1. The van der Waals surface area contributed by atoms with Gasteiger partial charge in [0.25, 0.3) is 5.69 Å². The SMILES string of the molecule is COC(=O)O[C@@H]1Cc2ccccc2C(S(=O)(=O)c2ccc(-c3ccc([N+](=O)[O-])cc3)cc2)N1. The summed E-state index contributed by atoms with van der Waals surface area (Å²) >= 11 is 0. The zero-order valence-corrected chi connectivity index (χ0v) is 18.3. The van der Waals surface area contributed by atoms with Crippen molar-refractivity contribution >= 4 is 21.7 Å². The van der Waals surface area contributed by atoms with Gasteiger partial charge in [0.05, 0.1) is 16.9 Å². The van der Waals surface area contributed by atoms with Crippen LogP contribution in [0.4, 0.5) is 10.5 Å². The molecule has 10 heteroatoms. The Labute approximate surface area is 190 Å². The van der Waals surface area contributed by atoms with E-state index in [-0.39, 0.29) is 10.6 Å². The molecule has 4 rings (SSSR count). The Hall–Kier alpha value is -3.76. The first-order valence-corrected chi connectivity index (χ1v) is 11.5. The molecular weight excluding hydrogens is 448 g/mol. The average Bonchev–Trinajstić information content (AvgIpc) is 2.83. The lowest BCUT2D eigenvalue weighted by molar-refractivity contribution is -0.384. The number of nitrogens with zero attached hydrogens (tertiary/aromatic N) is 1. The monoisotopic (exact) mass is 468 g/mol. The van der Waals surface area contributed by atoms with E-state index in [9.17, 15) is 23.3 Å². The summed E-state index contributed by atoms with van der Waals surface area (Å²) in [6.45, 7) is 0. The third-order valence-corrected chi connectivity index (χ3v) is 7.33. The predicted octanol–water partition coefficient (Wildman–Crippen LogP) is 3.99. The average molecular weight is 468 g/mol. The number of methoxy groups -OCH3 is 1. The van der Waals surface area contributed by atoms with Crippen molar-refractivity contribution in [3.63, 3.8) is 0 Å². The Morgan fingerprint density at radius 1 is 1.00 bits per heavy atom. The molecule has 0 aromatic heterocycles. The second-order valence-electron chi connectivity index (χ2n) is 7.38. The molecule has 1 N–H and O–H groups in total. The lowest BCUT2D eigenvalue weighted by Gasteiger charge is -2.32. The Bertz CT molecular complexity index is 1290. The van der Waals surface area contributed by atoms with Crippen molar-refractivity contribution in [2.75, 3.05) is 7.11 Å². The Balaban J connectivity index is 1.64. The molecule has 0 radical (unpaired) electrons. The molecule has 1 aliphatic rings. The van der Waals surface area contributed by atoms with Gasteiger partial charge in [-0.2, -0.15) is 0 Å². The summed E-state index contributed by atoms with van der Waals surface area (Å²) in [6.07, 6.45) is -1.47. The standard InChI is InChI=1S/C23H20N2O7S/c1-31-23(26)32-21-14-17-4-2-3-5-20(17)22(24-21)33(29,30)19-12-8-16(9-13-19)15-6-10-18(11-7-15)25(27)28/h2-13,21-22,24H,14H2,1H3/t21-,22?/m1/s1. The van der Waals surface area contributed by atoms with E-state index in [4.69, 9.17) is 4.74 Å². The number of hydrogen-bond donors (Lipinski definition) is 1. The molecular formula is C23H20N2O7S. The fraction of sp³-hybridized carbons (Fsp3) is 0.174. The second kappa shape index (κ2) is 9.00. The molecule has 0 amide bonds. The molecule has 0 saturated heterocycles. The van der Waals surface area contributed by atoms with Gasteiger partial charge in [0, 0.05) is 18.6 Å². The number of nitrogens with one attached hydrogen (secondary N) is 1. The summed E-state index contributed by atoms with van der Waals surface area (Å²) in [4.78, 5) is 22.0. The summed E-state index contributed by atoms with van der Waals surface area (Å²) in [7, 11) is -2.72. The third kappa shape index (κ3) is 4.57. The molecule has 3 aromatic rings. The number of hydrogen-bond acceptors (Lipinski definition) is 8. The van der Waals surface area contributed by atoms with Crippen LogP contribution in [0.3, 0.4) is 0 Å². The number of fused-ring (bicyclic) bond motifs is 1. The van der Waals surface area contributed by atoms with Crippen LogP contribution in [0.5, 0.6) is 0 Å². The highest BCUT2D eigenvalue weighted by Crippen LogP contribution is 2.34. The van der Waals surface area contributed by atoms with Crippen LogP contribution in [0.25, 0.3) is 11.1 Å². The minimum absolute atomic E-state index is 0.0243. The smallest absolute Gasteiger partial charge is 0.438 e. The second-order valence-corrected chi connectivity index (χ2v) is 9.42. The quantitative estimate of drug-likeness (QED) is 0.339. The van der Waals surface area contributed by atoms with Crippen LogP contribution >= 0.6 is 0 Å². The van der Waals surface area contributed by atoms with Crippen molar-refractivity contribution in [3.05, 3.63) is 94.0 Å². The first kappa shape index (κ1) is 22.4. The van der Waals surface area contributed by atoms with Gasteiger partial charge in [-0.15, -0.1) is 0 Å². The number of nitro groups is 1. The summed E-state index contributed by atoms with van der Waals surface area (Å²) in [5.74, 6) is 0. The number of nitro benzene ring substituents is 1. The maximum atomic E-state index is 13.5. The van der Waals surface area contributed by atoms with Gasteiger partial charge in [0.1, 0.15) is 5.37 Å². The van der Waals surface area contributed by atoms with E-state index in [1.807, 2.05) is 0 Å². The molecule has 0 aliphatic carbocycles. The van der Waals surface area contributed by atoms with Gasteiger partial charge in [-0.05, 0) is 46.5 Å². The van der Waals surface area contributed by atoms with Crippen molar-refractivity contribution < 1.29 is 27.6 Å². The molecule has 33 heavy (non-hydrogen) atoms. The molecule has 1 unspecified atom stereocenters.